The molecule has 0 saturated carbocycles. The summed E-state index contributed by atoms with van der Waals surface area (Å²) in [6, 6.07) is 77.4. The third-order valence-electron chi connectivity index (χ3n) is 18.0. The lowest BCUT2D eigenvalue weighted by Crippen LogP contribution is -2.70. The van der Waals surface area contributed by atoms with Crippen LogP contribution in [-0.2, 0) is 21.7 Å². The number of rotatable bonds is 6. The Morgan fingerprint density at radius 3 is 1.46 bits per heavy atom. The molecule has 0 saturated heterocycles. The summed E-state index contributed by atoms with van der Waals surface area (Å²) in [5, 5.41) is 6.03. The van der Waals surface area contributed by atoms with Crippen molar-refractivity contribution in [2.75, 3.05) is 4.90 Å². The van der Waals surface area contributed by atoms with Crippen molar-refractivity contribution in [3.05, 3.63) is 222 Å². The summed E-state index contributed by atoms with van der Waals surface area (Å²) in [6.07, 6.45) is 4.76. The van der Waals surface area contributed by atoms with E-state index in [1.807, 2.05) is 0 Å². The molecule has 13 rings (SSSR count). The zero-order chi connectivity index (χ0) is 49.4. The van der Waals surface area contributed by atoms with Crippen LogP contribution < -0.4 is 25.6 Å². The van der Waals surface area contributed by atoms with E-state index in [-0.39, 0.29) is 21.7 Å². The first-order chi connectivity index (χ1) is 34.7. The van der Waals surface area contributed by atoms with Gasteiger partial charge in [-0.15, -0.1) is 0 Å². The summed E-state index contributed by atoms with van der Waals surface area (Å²) >= 11 is 0. The van der Waals surface area contributed by atoms with E-state index in [1.165, 1.54) is 130 Å². The average Bonchev–Trinajstić information content (AvgIpc) is 3.86. The predicted molar refractivity (Wildman–Crippen MR) is 310 cm³/mol. The van der Waals surface area contributed by atoms with Gasteiger partial charge in [-0.2, -0.15) is 0 Å². The maximum atomic E-state index is 2.52. The molecule has 2 aliphatic carbocycles. The largest absolute Gasteiger partial charge is 0.310 e. The van der Waals surface area contributed by atoms with Gasteiger partial charge < -0.3 is 4.90 Å². The van der Waals surface area contributed by atoms with E-state index in [0.717, 1.165) is 11.4 Å². The molecule has 0 aromatic heterocycles. The zero-order valence-corrected chi connectivity index (χ0v) is 44.3. The van der Waals surface area contributed by atoms with Crippen LogP contribution in [0.1, 0.15) is 103 Å². The summed E-state index contributed by atoms with van der Waals surface area (Å²) in [5.74, 6) is 0. The molecule has 0 N–H and O–H groups in total. The van der Waals surface area contributed by atoms with Crippen molar-refractivity contribution >= 4 is 45.9 Å². The Morgan fingerprint density at radius 2 is 0.792 bits per heavy atom. The van der Waals surface area contributed by atoms with Crippen molar-refractivity contribution < 1.29 is 0 Å². The van der Waals surface area contributed by atoms with Crippen LogP contribution in [0.3, 0.4) is 0 Å². The number of hydrogen-bond donors (Lipinski definition) is 0. The van der Waals surface area contributed by atoms with Gasteiger partial charge in [0.25, 0.3) is 0 Å². The second-order valence-corrected chi connectivity index (χ2v) is 27.8. The molecule has 9 aromatic rings. The zero-order valence-electron chi connectivity index (χ0n) is 43.3. The van der Waals surface area contributed by atoms with Crippen LogP contribution in [0.5, 0.6) is 0 Å². The monoisotopic (exact) mass is 947 g/mol. The van der Waals surface area contributed by atoms with Crippen molar-refractivity contribution in [1.29, 1.82) is 0 Å². The van der Waals surface area contributed by atoms with Gasteiger partial charge in [-0.05, 0) is 177 Å². The maximum absolute atomic E-state index is 2.52. The predicted octanol–water partition coefficient (Wildman–Crippen LogP) is 16.2. The minimum Gasteiger partial charge on any atom is -0.310 e. The minimum atomic E-state index is -2.52. The van der Waals surface area contributed by atoms with Crippen LogP contribution in [0.4, 0.5) is 17.1 Å². The van der Waals surface area contributed by atoms with Crippen molar-refractivity contribution in [3.63, 3.8) is 0 Å². The summed E-state index contributed by atoms with van der Waals surface area (Å²) in [7, 11) is -2.52. The van der Waals surface area contributed by atoms with Gasteiger partial charge in [0.05, 0.1) is 5.69 Å². The fourth-order valence-electron chi connectivity index (χ4n) is 14.0. The smallest absolute Gasteiger partial charge is 0.182 e. The fourth-order valence-corrected chi connectivity index (χ4v) is 19.6. The molecule has 1 nitrogen and oxygen atoms in total. The molecule has 72 heavy (non-hydrogen) atoms. The Labute approximate surface area is 429 Å². The van der Waals surface area contributed by atoms with Gasteiger partial charge in [0.2, 0.25) is 0 Å². The number of fused-ring (bicyclic) bond motifs is 12. The highest BCUT2D eigenvalue weighted by molar-refractivity contribution is 7.24. The van der Waals surface area contributed by atoms with Crippen LogP contribution in [0.25, 0.3) is 55.6 Å². The Balaban J connectivity index is 0.970. The number of anilines is 3. The summed E-state index contributed by atoms with van der Waals surface area (Å²) in [4.78, 5) is 2.52. The van der Waals surface area contributed by atoms with E-state index >= 15 is 0 Å². The minimum absolute atomic E-state index is 0.0959. The summed E-state index contributed by atoms with van der Waals surface area (Å²) in [5.41, 5.74) is 23.0. The summed E-state index contributed by atoms with van der Waals surface area (Å²) in [6.45, 7) is 19.5. The van der Waals surface area contributed by atoms with Crippen molar-refractivity contribution in [1.82, 2.24) is 0 Å². The molecule has 4 aliphatic rings. The lowest BCUT2D eigenvalue weighted by molar-refractivity contribution is 0.332. The Hall–Kier alpha value is -7.00. The fraction of sp³-hybridized carbons (Fsp3) is 0.229. The molecule has 9 aromatic carbocycles. The lowest BCUT2D eigenvalue weighted by Gasteiger charge is -2.43. The van der Waals surface area contributed by atoms with Crippen molar-refractivity contribution in [3.8, 4) is 55.6 Å². The summed E-state index contributed by atoms with van der Waals surface area (Å²) < 4.78 is 0. The van der Waals surface area contributed by atoms with Gasteiger partial charge in [-0.1, -0.05) is 219 Å². The first kappa shape index (κ1) is 44.9. The molecular weight excluding hydrogens is 883 g/mol. The molecule has 0 unspecified atom stereocenters. The van der Waals surface area contributed by atoms with E-state index < -0.39 is 8.07 Å². The van der Waals surface area contributed by atoms with E-state index in [4.69, 9.17) is 0 Å². The quantitative estimate of drug-likeness (QED) is 0.150. The van der Waals surface area contributed by atoms with Crippen LogP contribution in [-0.4, -0.2) is 8.07 Å². The highest BCUT2D eigenvalue weighted by Crippen LogP contribution is 2.52. The van der Waals surface area contributed by atoms with Crippen molar-refractivity contribution in [2.45, 2.75) is 103 Å². The molecule has 0 fully saturated rings. The molecule has 0 atom stereocenters. The topological polar surface area (TPSA) is 3.24 Å². The van der Waals surface area contributed by atoms with Crippen LogP contribution in [0, 0.1) is 0 Å². The first-order valence-corrected chi connectivity index (χ1v) is 28.5. The molecule has 2 aliphatic heterocycles. The van der Waals surface area contributed by atoms with Gasteiger partial charge in [-0.3, -0.25) is 0 Å². The molecule has 0 radical (unpaired) electrons. The molecule has 0 amide bonds. The third kappa shape index (κ3) is 6.64. The molecular formula is C70H65NSi. The van der Waals surface area contributed by atoms with Gasteiger partial charge >= 0.3 is 0 Å². The molecule has 2 heterocycles. The third-order valence-corrected chi connectivity index (χ3v) is 23.0. The van der Waals surface area contributed by atoms with Gasteiger partial charge in [0.15, 0.2) is 8.07 Å². The lowest BCUT2D eigenvalue weighted by atomic mass is 9.61. The maximum Gasteiger partial charge on any atom is 0.182 e. The van der Waals surface area contributed by atoms with Crippen molar-refractivity contribution in [2.24, 2.45) is 0 Å². The molecule has 354 valence electrons. The normalized spacial score (nSPS) is 17.5. The highest BCUT2D eigenvalue weighted by atomic mass is 28.3. The number of hydrogen-bond acceptors (Lipinski definition) is 1. The van der Waals surface area contributed by atoms with Crippen LogP contribution in [0.2, 0.25) is 0 Å². The van der Waals surface area contributed by atoms with Crippen LogP contribution >= 0.6 is 0 Å². The molecule has 0 bridgehead atoms. The standard InChI is InChI=1S/C70H65NSi/c1-67(2)39-40-69(5,6)60-45-49(33-37-58(60)67)52-21-9-13-27-61(52)71(50-35-31-46(32-36-50)53-25-18-26-59-66(53)70(7,8)42-41-68(59,3)4)51-20-17-19-47(43-51)48-34-38-65-57(44-48)56-24-12-16-30-64(56)72(65)62-28-14-10-22-54(62)55-23-11-15-29-63(55)72/h9-38,43-45H,39-42H2,1-8H3. The van der Waals surface area contributed by atoms with E-state index in [0.29, 0.717) is 0 Å². The first-order valence-electron chi connectivity index (χ1n) is 26.5. The Kier molecular flexibility index (Phi) is 9.98. The van der Waals surface area contributed by atoms with E-state index in [9.17, 15) is 0 Å². The van der Waals surface area contributed by atoms with Gasteiger partial charge in [-0.25, -0.2) is 0 Å². The number of benzene rings is 9. The molecule has 2 heteroatoms. The number of nitrogens with zero attached hydrogens (tertiary/aromatic N) is 1. The SMILES string of the molecule is CC1(C)CCC(C)(C)c2cc(-c3ccccc3N(c3ccc(-c4cccc5c4C(C)(C)CCC5(C)C)cc3)c3cccc(-c4ccc5c(c4)-c4ccccc4[Si]54c5ccccc5-c5ccccc54)c3)ccc21. The van der Waals surface area contributed by atoms with Gasteiger partial charge in [0.1, 0.15) is 0 Å². The molecule has 1 spiro atoms. The average molecular weight is 948 g/mol. The second-order valence-electron chi connectivity index (χ2n) is 24.1. The highest BCUT2D eigenvalue weighted by Gasteiger charge is 2.54. The van der Waals surface area contributed by atoms with E-state index in [2.05, 4.69) is 260 Å². The second kappa shape index (κ2) is 16.0. The van der Waals surface area contributed by atoms with Gasteiger partial charge in [0, 0.05) is 16.9 Å². The van der Waals surface area contributed by atoms with E-state index in [1.54, 1.807) is 0 Å². The van der Waals surface area contributed by atoms with Crippen LogP contribution in [0.15, 0.2) is 200 Å². The Bertz CT molecular complexity index is 3610. The number of para-hydroxylation sites is 1. The Morgan fingerprint density at radius 1 is 0.306 bits per heavy atom.